The second kappa shape index (κ2) is 5.17. The summed E-state index contributed by atoms with van der Waals surface area (Å²) in [5, 5.41) is 2.64. The molecule has 14 heavy (non-hydrogen) atoms. The van der Waals surface area contributed by atoms with Gasteiger partial charge in [-0.15, -0.1) is 11.6 Å². The van der Waals surface area contributed by atoms with E-state index in [1.165, 1.54) is 6.92 Å². The molecular formula is C8H13ClN2O3. The quantitative estimate of drug-likeness (QED) is 0.398. The van der Waals surface area contributed by atoms with Crippen LogP contribution in [0.4, 0.5) is 0 Å². The lowest BCUT2D eigenvalue weighted by Crippen LogP contribution is -2.52. The number of carbonyl (C=O) groups excluding carboxylic acids is 2. The van der Waals surface area contributed by atoms with Crippen molar-refractivity contribution in [2.75, 3.05) is 26.2 Å². The number of rotatable bonds is 3. The summed E-state index contributed by atoms with van der Waals surface area (Å²) in [6, 6.07) is 0. The van der Waals surface area contributed by atoms with Gasteiger partial charge in [-0.1, -0.05) is 0 Å². The summed E-state index contributed by atoms with van der Waals surface area (Å²) < 4.78 is 4.76. The largest absolute Gasteiger partial charge is 0.465 e. The second-order valence-electron chi connectivity index (χ2n) is 3.05. The first-order valence-corrected chi connectivity index (χ1v) is 4.81. The highest BCUT2D eigenvalue weighted by Gasteiger charge is 2.24. The van der Waals surface area contributed by atoms with Gasteiger partial charge in [0.25, 0.3) is 0 Å². The van der Waals surface area contributed by atoms with Crippen LogP contribution in [-0.2, 0) is 14.3 Å². The molecule has 1 rings (SSSR count). The average molecular weight is 221 g/mol. The predicted octanol–water partition coefficient (Wildman–Crippen LogP) is -0.454. The molecule has 0 aromatic heterocycles. The third-order valence-corrected chi connectivity index (χ3v) is 2.32. The number of hydrogen-bond donors (Lipinski definition) is 1. The zero-order valence-corrected chi connectivity index (χ0v) is 8.71. The molecule has 0 aromatic carbocycles. The topological polar surface area (TPSA) is 58.6 Å². The number of amides is 1. The molecule has 0 spiro atoms. The Morgan fingerprint density at radius 3 is 3.14 bits per heavy atom. The lowest BCUT2D eigenvalue weighted by atomic mass is 10.3. The number of hydrogen-bond acceptors (Lipinski definition) is 4. The van der Waals surface area contributed by atoms with Crippen LogP contribution < -0.4 is 5.32 Å². The first-order valence-electron chi connectivity index (χ1n) is 4.38. The minimum atomic E-state index is -0.322. The van der Waals surface area contributed by atoms with Crippen molar-refractivity contribution in [1.82, 2.24) is 10.2 Å². The van der Waals surface area contributed by atoms with Gasteiger partial charge in [0.15, 0.2) is 0 Å². The van der Waals surface area contributed by atoms with E-state index in [9.17, 15) is 9.59 Å². The van der Waals surface area contributed by atoms with Gasteiger partial charge in [-0.05, 0) is 0 Å². The predicted molar refractivity (Wildman–Crippen MR) is 50.9 cm³/mol. The molecule has 0 aromatic rings. The van der Waals surface area contributed by atoms with E-state index in [0.29, 0.717) is 13.1 Å². The number of nitrogens with zero attached hydrogens (tertiary/aromatic N) is 1. The van der Waals surface area contributed by atoms with Gasteiger partial charge in [0.1, 0.15) is 12.1 Å². The Kier molecular flexibility index (Phi) is 4.16. The molecule has 80 valence electrons. The van der Waals surface area contributed by atoms with Gasteiger partial charge in [0.2, 0.25) is 5.91 Å². The van der Waals surface area contributed by atoms with Crippen LogP contribution in [0.25, 0.3) is 0 Å². The number of esters is 1. The Morgan fingerprint density at radius 1 is 1.79 bits per heavy atom. The molecule has 1 N–H and O–H groups in total. The molecule has 1 unspecified atom stereocenters. The summed E-state index contributed by atoms with van der Waals surface area (Å²) in [5.74, 6) is -0.373. The summed E-state index contributed by atoms with van der Waals surface area (Å²) in [4.78, 5) is 23.2. The van der Waals surface area contributed by atoms with Crippen molar-refractivity contribution in [3.8, 4) is 0 Å². The first-order chi connectivity index (χ1) is 6.59. The maximum absolute atomic E-state index is 11.0. The molecule has 1 atom stereocenters. The minimum absolute atomic E-state index is 0.0512. The summed E-state index contributed by atoms with van der Waals surface area (Å²) in [6.07, 6.45) is 0. The molecule has 0 aliphatic carbocycles. The molecule has 1 amide bonds. The number of nitrogens with one attached hydrogen (secondary N) is 1. The van der Waals surface area contributed by atoms with Gasteiger partial charge in [0, 0.05) is 20.0 Å². The van der Waals surface area contributed by atoms with Gasteiger partial charge >= 0.3 is 5.97 Å². The number of ether oxygens (including phenoxy) is 1. The molecule has 6 heteroatoms. The van der Waals surface area contributed by atoms with Crippen LogP contribution in [0.1, 0.15) is 6.92 Å². The minimum Gasteiger partial charge on any atom is -0.465 e. The SMILES string of the molecule is CC(=O)OCCN1CC(=O)NCC1Cl. The molecule has 1 fully saturated rings. The zero-order valence-electron chi connectivity index (χ0n) is 7.96. The second-order valence-corrected chi connectivity index (χ2v) is 3.55. The van der Waals surface area contributed by atoms with Crippen molar-refractivity contribution in [3.05, 3.63) is 0 Å². The van der Waals surface area contributed by atoms with Gasteiger partial charge in [0.05, 0.1) is 6.54 Å². The maximum atomic E-state index is 11.0. The molecule has 1 heterocycles. The summed E-state index contributed by atoms with van der Waals surface area (Å²) in [7, 11) is 0. The van der Waals surface area contributed by atoms with Crippen LogP contribution in [-0.4, -0.2) is 48.5 Å². The standard InChI is InChI=1S/C8H13ClN2O3/c1-6(12)14-3-2-11-5-8(13)10-4-7(11)9/h7H,2-5H2,1H3,(H,10,13). The highest BCUT2D eigenvalue weighted by Crippen LogP contribution is 2.07. The van der Waals surface area contributed by atoms with E-state index < -0.39 is 0 Å². The number of halogens is 1. The van der Waals surface area contributed by atoms with Gasteiger partial charge in [-0.25, -0.2) is 0 Å². The van der Waals surface area contributed by atoms with E-state index in [1.54, 1.807) is 4.90 Å². The van der Waals surface area contributed by atoms with E-state index in [0.717, 1.165) is 0 Å². The Bertz CT molecular complexity index is 235. The fraction of sp³-hybridized carbons (Fsp3) is 0.750. The summed E-state index contributed by atoms with van der Waals surface area (Å²) in [5.41, 5.74) is -0.219. The fourth-order valence-electron chi connectivity index (χ4n) is 1.19. The van der Waals surface area contributed by atoms with Crippen molar-refractivity contribution < 1.29 is 14.3 Å². The van der Waals surface area contributed by atoms with E-state index in [4.69, 9.17) is 16.3 Å². The molecule has 5 nitrogen and oxygen atoms in total. The van der Waals surface area contributed by atoms with E-state index in [1.807, 2.05) is 0 Å². The molecule has 0 saturated carbocycles. The van der Waals surface area contributed by atoms with E-state index >= 15 is 0 Å². The van der Waals surface area contributed by atoms with Crippen LogP contribution in [0.2, 0.25) is 0 Å². The molecule has 1 aliphatic rings. The van der Waals surface area contributed by atoms with E-state index in [2.05, 4.69) is 5.32 Å². The van der Waals surface area contributed by atoms with Crippen LogP contribution in [0.3, 0.4) is 0 Å². The van der Waals surface area contributed by atoms with Crippen molar-refractivity contribution in [2.24, 2.45) is 0 Å². The average Bonchev–Trinajstić information content (AvgIpc) is 2.10. The van der Waals surface area contributed by atoms with Crippen LogP contribution in [0.15, 0.2) is 0 Å². The number of carbonyl (C=O) groups is 2. The Hall–Kier alpha value is -0.810. The normalized spacial score (nSPS) is 23.0. The maximum Gasteiger partial charge on any atom is 0.302 e. The smallest absolute Gasteiger partial charge is 0.302 e. The van der Waals surface area contributed by atoms with Crippen molar-refractivity contribution in [3.63, 3.8) is 0 Å². The molecule has 0 radical (unpaired) electrons. The van der Waals surface area contributed by atoms with E-state index in [-0.39, 0.29) is 30.5 Å². The van der Waals surface area contributed by atoms with Gasteiger partial charge < -0.3 is 10.1 Å². The monoisotopic (exact) mass is 220 g/mol. The Balaban J connectivity index is 2.27. The number of piperazine rings is 1. The molecule has 1 aliphatic heterocycles. The van der Waals surface area contributed by atoms with Crippen molar-refractivity contribution in [1.29, 1.82) is 0 Å². The van der Waals surface area contributed by atoms with Gasteiger partial charge in [-0.2, -0.15) is 0 Å². The lowest BCUT2D eigenvalue weighted by molar-refractivity contribution is -0.141. The number of alkyl halides is 1. The third-order valence-electron chi connectivity index (χ3n) is 1.89. The Morgan fingerprint density at radius 2 is 2.50 bits per heavy atom. The highest BCUT2D eigenvalue weighted by atomic mass is 35.5. The first kappa shape index (κ1) is 11.3. The van der Waals surface area contributed by atoms with Crippen LogP contribution in [0, 0.1) is 0 Å². The highest BCUT2D eigenvalue weighted by molar-refractivity contribution is 6.21. The van der Waals surface area contributed by atoms with Crippen molar-refractivity contribution in [2.45, 2.75) is 12.4 Å². The zero-order chi connectivity index (χ0) is 10.6. The summed E-state index contributed by atoms with van der Waals surface area (Å²) in [6.45, 7) is 2.80. The van der Waals surface area contributed by atoms with Crippen LogP contribution >= 0.6 is 11.6 Å². The van der Waals surface area contributed by atoms with Gasteiger partial charge in [-0.3, -0.25) is 14.5 Å². The third kappa shape index (κ3) is 3.51. The van der Waals surface area contributed by atoms with Crippen molar-refractivity contribution >= 4 is 23.5 Å². The lowest BCUT2D eigenvalue weighted by Gasteiger charge is -2.30. The molecular weight excluding hydrogens is 208 g/mol. The Labute approximate surface area is 87.3 Å². The molecule has 1 saturated heterocycles. The fourth-order valence-corrected chi connectivity index (χ4v) is 1.44. The summed E-state index contributed by atoms with van der Waals surface area (Å²) >= 11 is 5.93. The molecule has 0 bridgehead atoms. The van der Waals surface area contributed by atoms with Crippen LogP contribution in [0.5, 0.6) is 0 Å².